The number of carbonyl (C=O) groups excluding carboxylic acids is 1. The van der Waals surface area contributed by atoms with Crippen molar-refractivity contribution in [1.29, 1.82) is 0 Å². The molecule has 162 valence electrons. The summed E-state index contributed by atoms with van der Waals surface area (Å²) in [5, 5.41) is 2.87. The molecule has 2 fully saturated rings. The SMILES string of the molecule is CCOc1ccc(NC(=O)CN2C[C@H](C)C[C@H](C)C2)cc1S(=O)(=O)N1CCCC1. The van der Waals surface area contributed by atoms with E-state index in [2.05, 4.69) is 24.1 Å². The Kier molecular flexibility index (Phi) is 7.19. The van der Waals surface area contributed by atoms with Gasteiger partial charge in [0, 0.05) is 31.9 Å². The van der Waals surface area contributed by atoms with Crippen molar-refractivity contribution in [3.8, 4) is 5.75 Å². The van der Waals surface area contributed by atoms with Crippen LogP contribution in [0.1, 0.15) is 40.0 Å². The molecule has 29 heavy (non-hydrogen) atoms. The summed E-state index contributed by atoms with van der Waals surface area (Å²) in [7, 11) is -3.64. The first-order valence-electron chi connectivity index (χ1n) is 10.6. The quantitative estimate of drug-likeness (QED) is 0.730. The van der Waals surface area contributed by atoms with E-state index in [1.165, 1.54) is 16.8 Å². The highest BCUT2D eigenvalue weighted by Crippen LogP contribution is 2.31. The number of piperidine rings is 1. The lowest BCUT2D eigenvalue weighted by Gasteiger charge is -2.34. The van der Waals surface area contributed by atoms with E-state index >= 15 is 0 Å². The number of ether oxygens (including phenoxy) is 1. The maximum absolute atomic E-state index is 13.1. The van der Waals surface area contributed by atoms with Gasteiger partial charge in [0.15, 0.2) is 0 Å². The first kappa shape index (κ1) is 22.1. The standard InChI is InChI=1S/C21H33N3O4S/c1-4-28-19-8-7-18(12-20(19)29(26,27)24-9-5-6-10-24)22-21(25)15-23-13-16(2)11-17(3)14-23/h7-8,12,16-17H,4-6,9-11,13-15H2,1-3H3,(H,22,25)/t16-,17+. The third kappa shape index (κ3) is 5.49. The molecule has 8 heteroatoms. The fourth-order valence-corrected chi connectivity index (χ4v) is 6.13. The summed E-state index contributed by atoms with van der Waals surface area (Å²) >= 11 is 0. The van der Waals surface area contributed by atoms with Crippen molar-refractivity contribution >= 4 is 21.6 Å². The fraction of sp³-hybridized carbons (Fsp3) is 0.667. The predicted octanol–water partition coefficient (Wildman–Crippen LogP) is 2.79. The van der Waals surface area contributed by atoms with Gasteiger partial charge in [-0.05, 0) is 56.2 Å². The molecule has 0 aliphatic carbocycles. The van der Waals surface area contributed by atoms with Gasteiger partial charge in [0.05, 0.1) is 13.2 Å². The highest BCUT2D eigenvalue weighted by atomic mass is 32.2. The van der Waals surface area contributed by atoms with E-state index < -0.39 is 10.0 Å². The van der Waals surface area contributed by atoms with Crippen molar-refractivity contribution in [2.24, 2.45) is 11.8 Å². The number of hydrogen-bond acceptors (Lipinski definition) is 5. The zero-order valence-electron chi connectivity index (χ0n) is 17.7. The van der Waals surface area contributed by atoms with Gasteiger partial charge in [0.25, 0.3) is 0 Å². The maximum atomic E-state index is 13.1. The third-order valence-corrected chi connectivity index (χ3v) is 7.44. The molecule has 0 saturated carbocycles. The monoisotopic (exact) mass is 423 g/mol. The van der Waals surface area contributed by atoms with Crippen molar-refractivity contribution in [3.05, 3.63) is 18.2 Å². The minimum Gasteiger partial charge on any atom is -0.492 e. The predicted molar refractivity (Wildman–Crippen MR) is 114 cm³/mol. The van der Waals surface area contributed by atoms with Crippen LogP contribution in [0.15, 0.2) is 23.1 Å². The van der Waals surface area contributed by atoms with Crippen LogP contribution in [0.2, 0.25) is 0 Å². The van der Waals surface area contributed by atoms with Gasteiger partial charge < -0.3 is 10.1 Å². The van der Waals surface area contributed by atoms with E-state index in [0.717, 1.165) is 25.9 Å². The third-order valence-electron chi connectivity index (χ3n) is 5.52. The largest absolute Gasteiger partial charge is 0.492 e. The molecule has 2 heterocycles. The normalized spacial score (nSPS) is 23.8. The first-order chi connectivity index (χ1) is 13.8. The second-order valence-electron chi connectivity index (χ2n) is 8.39. The molecule has 0 bridgehead atoms. The minimum absolute atomic E-state index is 0.124. The molecule has 2 aliphatic rings. The Hall–Kier alpha value is -1.64. The average molecular weight is 424 g/mol. The molecule has 0 unspecified atom stereocenters. The minimum atomic E-state index is -3.64. The molecule has 0 spiro atoms. The Bertz CT molecular complexity index is 811. The number of anilines is 1. The summed E-state index contributed by atoms with van der Waals surface area (Å²) < 4.78 is 33.2. The van der Waals surface area contributed by atoms with E-state index in [1.54, 1.807) is 12.1 Å². The molecule has 2 aliphatic heterocycles. The van der Waals surface area contributed by atoms with Gasteiger partial charge in [0.1, 0.15) is 10.6 Å². The van der Waals surface area contributed by atoms with Gasteiger partial charge in [-0.1, -0.05) is 13.8 Å². The van der Waals surface area contributed by atoms with Crippen LogP contribution in [0, 0.1) is 11.8 Å². The number of hydrogen-bond donors (Lipinski definition) is 1. The summed E-state index contributed by atoms with van der Waals surface area (Å²) in [5.74, 6) is 1.36. The van der Waals surface area contributed by atoms with Crippen LogP contribution in [-0.4, -0.2) is 62.9 Å². The molecule has 2 saturated heterocycles. The number of nitrogens with zero attached hydrogens (tertiary/aromatic N) is 2. The van der Waals surface area contributed by atoms with Gasteiger partial charge in [-0.25, -0.2) is 8.42 Å². The molecular formula is C21H33N3O4S. The van der Waals surface area contributed by atoms with Gasteiger partial charge in [-0.2, -0.15) is 4.31 Å². The molecule has 3 rings (SSSR count). The maximum Gasteiger partial charge on any atom is 0.246 e. The number of rotatable bonds is 7. The molecule has 0 radical (unpaired) electrons. The Morgan fingerprint density at radius 2 is 1.83 bits per heavy atom. The van der Waals surface area contributed by atoms with Gasteiger partial charge in [0.2, 0.25) is 15.9 Å². The second kappa shape index (κ2) is 9.45. The molecule has 1 amide bonds. The number of sulfonamides is 1. The molecule has 7 nitrogen and oxygen atoms in total. The van der Waals surface area contributed by atoms with E-state index in [-0.39, 0.29) is 10.8 Å². The first-order valence-corrected chi connectivity index (χ1v) is 12.0. The Balaban J connectivity index is 1.75. The van der Waals surface area contributed by atoms with E-state index in [1.807, 2.05) is 6.92 Å². The van der Waals surface area contributed by atoms with E-state index in [9.17, 15) is 13.2 Å². The highest BCUT2D eigenvalue weighted by Gasteiger charge is 2.30. The summed E-state index contributed by atoms with van der Waals surface area (Å²) in [6.07, 6.45) is 2.92. The molecule has 1 aromatic rings. The lowest BCUT2D eigenvalue weighted by Crippen LogP contribution is -2.42. The number of likely N-dealkylation sites (tertiary alicyclic amines) is 1. The van der Waals surface area contributed by atoms with Crippen LogP contribution in [0.5, 0.6) is 5.75 Å². The van der Waals surface area contributed by atoms with Crippen molar-refractivity contribution < 1.29 is 17.9 Å². The van der Waals surface area contributed by atoms with Gasteiger partial charge in [-0.3, -0.25) is 9.69 Å². The van der Waals surface area contributed by atoms with Crippen LogP contribution in [0.25, 0.3) is 0 Å². The van der Waals surface area contributed by atoms with Crippen molar-refractivity contribution in [3.63, 3.8) is 0 Å². The van der Waals surface area contributed by atoms with Crippen LogP contribution in [-0.2, 0) is 14.8 Å². The van der Waals surface area contributed by atoms with Crippen LogP contribution < -0.4 is 10.1 Å². The van der Waals surface area contributed by atoms with Crippen LogP contribution in [0.3, 0.4) is 0 Å². The zero-order chi connectivity index (χ0) is 21.0. The van der Waals surface area contributed by atoms with E-state index in [4.69, 9.17) is 4.74 Å². The fourth-order valence-electron chi connectivity index (χ4n) is 4.45. The highest BCUT2D eigenvalue weighted by molar-refractivity contribution is 7.89. The van der Waals surface area contributed by atoms with Gasteiger partial charge >= 0.3 is 0 Å². The molecular weight excluding hydrogens is 390 g/mol. The number of benzene rings is 1. The second-order valence-corrected chi connectivity index (χ2v) is 10.3. The number of nitrogens with one attached hydrogen (secondary N) is 1. The van der Waals surface area contributed by atoms with E-state index in [0.29, 0.717) is 49.5 Å². The van der Waals surface area contributed by atoms with Crippen molar-refractivity contribution in [1.82, 2.24) is 9.21 Å². The zero-order valence-corrected chi connectivity index (χ0v) is 18.5. The molecule has 1 aromatic carbocycles. The molecule has 2 atom stereocenters. The lowest BCUT2D eigenvalue weighted by atomic mass is 9.92. The summed E-state index contributed by atoms with van der Waals surface area (Å²) in [5.41, 5.74) is 0.481. The summed E-state index contributed by atoms with van der Waals surface area (Å²) in [6.45, 7) is 9.81. The van der Waals surface area contributed by atoms with Gasteiger partial charge in [-0.15, -0.1) is 0 Å². The summed E-state index contributed by atoms with van der Waals surface area (Å²) in [6, 6.07) is 4.86. The Labute approximate surface area is 174 Å². The van der Waals surface area contributed by atoms with Crippen molar-refractivity contribution in [2.45, 2.75) is 44.9 Å². The molecule has 0 aromatic heterocycles. The topological polar surface area (TPSA) is 79.0 Å². The summed E-state index contributed by atoms with van der Waals surface area (Å²) in [4.78, 5) is 14.9. The number of amides is 1. The average Bonchev–Trinajstić information content (AvgIpc) is 3.17. The Morgan fingerprint density at radius 3 is 2.45 bits per heavy atom. The van der Waals surface area contributed by atoms with Crippen LogP contribution >= 0.6 is 0 Å². The number of carbonyl (C=O) groups is 1. The lowest BCUT2D eigenvalue weighted by molar-refractivity contribution is -0.117. The smallest absolute Gasteiger partial charge is 0.246 e. The van der Waals surface area contributed by atoms with Crippen molar-refractivity contribution in [2.75, 3.05) is 44.6 Å². The molecule has 1 N–H and O–H groups in total. The van der Waals surface area contributed by atoms with Crippen LogP contribution in [0.4, 0.5) is 5.69 Å². The Morgan fingerprint density at radius 1 is 1.17 bits per heavy atom.